The zero-order chi connectivity index (χ0) is 2.71. The van der Waals surface area contributed by atoms with Crippen LogP contribution in [0.2, 0.25) is 0 Å². The Morgan fingerprint density at radius 2 is 1.75 bits per heavy atom. The van der Waals surface area contributed by atoms with Crippen LogP contribution in [0.4, 0.5) is 4.70 Å². The van der Waals surface area contributed by atoms with Crippen LogP contribution < -0.4 is 0 Å². The Kier molecular flexibility index (Phi) is 24.9. The number of hydrogen-bond acceptors (Lipinski definition) is 1. The predicted molar refractivity (Wildman–Crippen MR) is 17.0 cm³/mol. The van der Waals surface area contributed by atoms with Gasteiger partial charge in [0.25, 0.3) is 0 Å². The first-order valence-corrected chi connectivity index (χ1v) is 1.51. The molecule has 1 N–H and O–H groups in total. The van der Waals surface area contributed by atoms with Crippen molar-refractivity contribution >= 4 is 21.1 Å². The fourth-order valence-corrected chi connectivity index (χ4v) is 0. The van der Waals surface area contributed by atoms with Crippen molar-refractivity contribution < 1.29 is 4.70 Å². The van der Waals surface area contributed by atoms with Gasteiger partial charge in [0.1, 0.15) is 0 Å². The Hall–Kier alpha value is 0.119. The quantitative estimate of drug-likeness (QED) is 0.347. The van der Waals surface area contributed by atoms with Crippen LogP contribution in [0.3, 0.4) is 0 Å². The third-order valence-electron chi connectivity index (χ3n) is 0. The molecule has 1 radical (unpaired) electrons. The van der Waals surface area contributed by atoms with Gasteiger partial charge in [0.15, 0.2) is 0 Å². The fourth-order valence-electron chi connectivity index (χ4n) is 0. The molecule has 1 nitrogen and oxygen atoms in total. The second-order valence-electron chi connectivity index (χ2n) is 0.118. The van der Waals surface area contributed by atoms with Crippen molar-refractivity contribution in [1.29, 1.82) is 5.41 Å². The van der Waals surface area contributed by atoms with Crippen LogP contribution in [0.1, 0.15) is 0 Å². The third-order valence-corrected chi connectivity index (χ3v) is 0. The summed E-state index contributed by atoms with van der Waals surface area (Å²) in [7, 11) is 0. The molecule has 0 fully saturated rings. The average molecular weight is 127 g/mol. The molecule has 0 aromatic carbocycles. The van der Waals surface area contributed by atoms with Gasteiger partial charge in [-0.3, -0.25) is 4.70 Å². The van der Waals surface area contributed by atoms with E-state index >= 15 is 0 Å². The summed E-state index contributed by atoms with van der Waals surface area (Å²) in [6.07, 6.45) is 0. The van der Waals surface area contributed by atoms with Gasteiger partial charge in [0.2, 0.25) is 0 Å². The summed E-state index contributed by atoms with van der Waals surface area (Å²) >= 11 is 2.35. The van der Waals surface area contributed by atoms with E-state index in [0.29, 0.717) is 0 Å². The Labute approximate surface area is 32.1 Å². The van der Waals surface area contributed by atoms with Gasteiger partial charge in [-0.05, 0) is 0 Å². The summed E-state index contributed by atoms with van der Waals surface area (Å²) < 4.78 is 0. The van der Waals surface area contributed by atoms with Crippen molar-refractivity contribution in [1.82, 2.24) is 0 Å². The summed E-state index contributed by atoms with van der Waals surface area (Å²) in [6.45, 7) is 0. The summed E-state index contributed by atoms with van der Waals surface area (Å²) in [6, 6.07) is 0. The minimum atomic E-state index is 0. The van der Waals surface area contributed by atoms with E-state index in [1.807, 2.05) is 0 Å². The molecule has 0 rings (SSSR count). The molecule has 4 heavy (non-hydrogen) atoms. The zero-order valence-electron chi connectivity index (χ0n) is 1.89. The Morgan fingerprint density at radius 1 is 1.75 bits per heavy atom. The maximum absolute atomic E-state index is 6.03. The van der Waals surface area contributed by atoms with Gasteiger partial charge < -0.3 is 0 Å². The molecule has 0 aliphatic heterocycles. The van der Waals surface area contributed by atoms with Gasteiger partial charge in [0.05, 0.1) is 0 Å². The van der Waals surface area contributed by atoms with Gasteiger partial charge >= 0.3 is 26.5 Å². The molecular weight excluding hydrogens is 124 g/mol. The molecule has 0 saturated carbocycles. The van der Waals surface area contributed by atoms with Crippen LogP contribution in [0.5, 0.6) is 0 Å². The van der Waals surface area contributed by atoms with Crippen LogP contribution in [0.15, 0.2) is 0 Å². The standard InChI is InChI=1S/CH2NSe.FH/c2-1-3;/h1-2H;1H. The fraction of sp³-hybridized carbons (Fsp3) is 0. The van der Waals surface area contributed by atoms with Crippen LogP contribution >= 0.6 is 0 Å². The van der Waals surface area contributed by atoms with E-state index in [1.165, 1.54) is 0 Å². The number of halogens is 1. The first-order valence-electron chi connectivity index (χ1n) is 0.524. The van der Waals surface area contributed by atoms with Crippen LogP contribution in [-0.2, 0) is 0 Å². The summed E-state index contributed by atoms with van der Waals surface area (Å²) in [5, 5.41) is 7.15. The Morgan fingerprint density at radius 3 is 1.75 bits per heavy atom. The van der Waals surface area contributed by atoms with Gasteiger partial charge in [-0.15, -0.1) is 0 Å². The van der Waals surface area contributed by atoms with Crippen molar-refractivity contribution in [2.75, 3.05) is 0 Å². The van der Waals surface area contributed by atoms with E-state index in [2.05, 4.69) is 16.0 Å². The molecule has 0 unspecified atom stereocenters. The van der Waals surface area contributed by atoms with Gasteiger partial charge in [-0.2, -0.15) is 0 Å². The summed E-state index contributed by atoms with van der Waals surface area (Å²) in [5.74, 6) is 0. The van der Waals surface area contributed by atoms with E-state index in [1.54, 1.807) is 0 Å². The Balaban J connectivity index is 0. The maximum atomic E-state index is 6.03. The van der Waals surface area contributed by atoms with Crippen LogP contribution in [-0.4, -0.2) is 21.1 Å². The summed E-state index contributed by atoms with van der Waals surface area (Å²) in [5.41, 5.74) is 0. The minimum absolute atomic E-state index is 0. The topological polar surface area (TPSA) is 23.9 Å². The van der Waals surface area contributed by atoms with E-state index in [4.69, 9.17) is 5.41 Å². The second kappa shape index (κ2) is 11.2. The molecule has 0 atom stereocenters. The molecule has 0 saturated heterocycles. The monoisotopic (exact) mass is 128 g/mol. The first-order chi connectivity index (χ1) is 1.41. The van der Waals surface area contributed by atoms with Crippen molar-refractivity contribution in [3.63, 3.8) is 0 Å². The van der Waals surface area contributed by atoms with Gasteiger partial charge in [-0.1, -0.05) is 0 Å². The normalized spacial score (nSPS) is 3.00. The van der Waals surface area contributed by atoms with E-state index in [0.717, 1.165) is 5.11 Å². The Bertz CT molecular complexity index is 15.5. The summed E-state index contributed by atoms with van der Waals surface area (Å²) in [4.78, 5) is 0. The first kappa shape index (κ1) is 8.92. The molecule has 0 amide bonds. The predicted octanol–water partition coefficient (Wildman–Crippen LogP) is -0.0855. The number of hydrogen-bond donors (Lipinski definition) is 1. The molecule has 0 bridgehead atoms. The zero-order valence-corrected chi connectivity index (χ0v) is 3.61. The van der Waals surface area contributed by atoms with E-state index < -0.39 is 0 Å². The average Bonchev–Trinajstić information content (AvgIpc) is 0.918. The van der Waals surface area contributed by atoms with Crippen molar-refractivity contribution in [3.05, 3.63) is 0 Å². The van der Waals surface area contributed by atoms with E-state index in [-0.39, 0.29) is 4.70 Å². The molecule has 0 aromatic rings. The molecule has 0 heterocycles. The van der Waals surface area contributed by atoms with Gasteiger partial charge in [-0.25, -0.2) is 0 Å². The number of nitrogens with one attached hydrogen (secondary N) is 1. The molecule has 0 aliphatic carbocycles. The third kappa shape index (κ3) is 186. The SMILES string of the molecule is F.N=C[Se]. The van der Waals surface area contributed by atoms with Gasteiger partial charge in [0, 0.05) is 0 Å². The van der Waals surface area contributed by atoms with Crippen LogP contribution in [0, 0.1) is 5.41 Å². The molecule has 3 heteroatoms. The van der Waals surface area contributed by atoms with Crippen molar-refractivity contribution in [2.45, 2.75) is 0 Å². The second-order valence-corrected chi connectivity index (χ2v) is 0.612. The van der Waals surface area contributed by atoms with Crippen molar-refractivity contribution in [2.24, 2.45) is 0 Å². The molecule has 0 spiro atoms. The molecule has 25 valence electrons. The molecule has 0 aromatic heterocycles. The number of rotatable bonds is 0. The van der Waals surface area contributed by atoms with Crippen LogP contribution in [0.25, 0.3) is 0 Å². The van der Waals surface area contributed by atoms with Crippen molar-refractivity contribution in [3.8, 4) is 0 Å². The molecule has 0 aliphatic rings. The van der Waals surface area contributed by atoms with E-state index in [9.17, 15) is 0 Å². The molecular formula is CH3FNSe.